The van der Waals surface area contributed by atoms with Gasteiger partial charge in [0.1, 0.15) is 11.7 Å². The predicted molar refractivity (Wildman–Crippen MR) is 48.1 cm³/mol. The number of aryl methyl sites for hydroxylation is 1. The lowest BCUT2D eigenvalue weighted by molar-refractivity contribution is -0.624. The lowest BCUT2D eigenvalue weighted by Crippen LogP contribution is -2.49. The fourth-order valence-electron chi connectivity index (χ4n) is 1.33. The molecule has 2 aromatic rings. The molecule has 13 heavy (non-hydrogen) atoms. The number of rotatable bonds is 0. The van der Waals surface area contributed by atoms with Crippen LogP contribution in [0.4, 0.5) is 0 Å². The van der Waals surface area contributed by atoms with Crippen molar-refractivity contribution in [1.82, 2.24) is 4.57 Å². The molecular weight excluding hydrogens is 168 g/mol. The molecule has 4 nitrogen and oxygen atoms in total. The van der Waals surface area contributed by atoms with Gasteiger partial charge in [-0.15, -0.1) is 0 Å². The van der Waals surface area contributed by atoms with Gasteiger partial charge in [-0.05, 0) is 12.1 Å². The lowest BCUT2D eigenvalue weighted by Gasteiger charge is -2.03. The Kier molecular flexibility index (Phi) is 1.55. The fraction of sp³-hybridized carbons (Fsp3) is 0.111. The predicted octanol–water partition coefficient (Wildman–Crippen LogP) is 0.172. The summed E-state index contributed by atoms with van der Waals surface area (Å²) >= 11 is 0. The van der Waals surface area contributed by atoms with Crippen molar-refractivity contribution in [2.45, 2.75) is 0 Å². The molecule has 0 fully saturated rings. The largest absolute Gasteiger partial charge is 0.708 e. The molecule has 0 spiro atoms. The first kappa shape index (κ1) is 7.79. The molecule has 0 aliphatic heterocycles. The molecule has 1 heterocycles. The summed E-state index contributed by atoms with van der Waals surface area (Å²) in [7, 11) is 1.58. The molecule has 66 valence electrons. The van der Waals surface area contributed by atoms with Gasteiger partial charge in [-0.1, -0.05) is 12.1 Å². The molecule has 0 aliphatic rings. The zero-order chi connectivity index (χ0) is 9.42. The van der Waals surface area contributed by atoms with E-state index in [1.807, 2.05) is 12.1 Å². The van der Waals surface area contributed by atoms with E-state index in [9.17, 15) is 10.0 Å². The van der Waals surface area contributed by atoms with Gasteiger partial charge < -0.3 is 5.21 Å². The highest BCUT2D eigenvalue weighted by atomic mass is 16.5. The standard InChI is InChI=1S/C9H8N2O2/c1-10-8-5-3-2-4-7(8)6-11(13)9(10)12/h2-6H,1H3. The summed E-state index contributed by atoms with van der Waals surface area (Å²) < 4.78 is 1.67. The Hall–Kier alpha value is -1.84. The highest BCUT2D eigenvalue weighted by Crippen LogP contribution is 2.07. The molecule has 0 N–H and O–H groups in total. The van der Waals surface area contributed by atoms with Crippen molar-refractivity contribution in [3.8, 4) is 0 Å². The van der Waals surface area contributed by atoms with Gasteiger partial charge in [0.2, 0.25) is 0 Å². The van der Waals surface area contributed by atoms with E-state index >= 15 is 0 Å². The molecule has 0 radical (unpaired) electrons. The highest BCUT2D eigenvalue weighted by Gasteiger charge is 2.06. The van der Waals surface area contributed by atoms with Gasteiger partial charge in [0, 0.05) is 0 Å². The van der Waals surface area contributed by atoms with Crippen LogP contribution in [0.25, 0.3) is 10.9 Å². The molecule has 0 amide bonds. The summed E-state index contributed by atoms with van der Waals surface area (Å²) in [6.07, 6.45) is 1.29. The van der Waals surface area contributed by atoms with E-state index in [-0.39, 0.29) is 0 Å². The molecule has 4 heteroatoms. The SMILES string of the molecule is Cn1c(=O)[n+]([O-])cc2ccccc21. The van der Waals surface area contributed by atoms with E-state index in [1.165, 1.54) is 10.8 Å². The molecule has 1 aromatic carbocycles. The molecule has 2 rings (SSSR count). The second-order valence-corrected chi connectivity index (χ2v) is 2.86. The van der Waals surface area contributed by atoms with Crippen molar-refractivity contribution in [3.63, 3.8) is 0 Å². The Morgan fingerprint density at radius 3 is 2.85 bits per heavy atom. The zero-order valence-electron chi connectivity index (χ0n) is 7.10. The highest BCUT2D eigenvalue weighted by molar-refractivity contribution is 5.76. The Labute approximate surface area is 74.2 Å². The maximum absolute atomic E-state index is 11.2. The molecule has 1 aromatic heterocycles. The number of hydrogen-bond acceptors (Lipinski definition) is 2. The molecular formula is C9H8N2O2. The number of aromatic nitrogens is 2. The summed E-state index contributed by atoms with van der Waals surface area (Å²) in [5, 5.41) is 11.8. The topological polar surface area (TPSA) is 48.9 Å². The second-order valence-electron chi connectivity index (χ2n) is 2.86. The zero-order valence-corrected chi connectivity index (χ0v) is 7.10. The van der Waals surface area contributed by atoms with E-state index < -0.39 is 5.69 Å². The summed E-state index contributed by atoms with van der Waals surface area (Å²) in [5.41, 5.74) is 0.207. The smallest absolute Gasteiger partial charge is 0.501 e. The van der Waals surface area contributed by atoms with Gasteiger partial charge in [-0.2, -0.15) is 9.36 Å². The van der Waals surface area contributed by atoms with E-state index in [0.717, 1.165) is 10.9 Å². The molecule has 0 saturated carbocycles. The molecule has 0 atom stereocenters. The minimum Gasteiger partial charge on any atom is -0.708 e. The van der Waals surface area contributed by atoms with Crippen LogP contribution in [0.5, 0.6) is 0 Å². The van der Waals surface area contributed by atoms with E-state index in [4.69, 9.17) is 0 Å². The van der Waals surface area contributed by atoms with E-state index in [1.54, 1.807) is 19.2 Å². The Morgan fingerprint density at radius 1 is 1.38 bits per heavy atom. The summed E-state index contributed by atoms with van der Waals surface area (Å²) in [6.45, 7) is 0. The third kappa shape index (κ3) is 1.07. The lowest BCUT2D eigenvalue weighted by atomic mass is 10.2. The fourth-order valence-corrected chi connectivity index (χ4v) is 1.33. The van der Waals surface area contributed by atoms with Crippen molar-refractivity contribution >= 4 is 10.9 Å². The van der Waals surface area contributed by atoms with Crippen molar-refractivity contribution in [2.24, 2.45) is 7.05 Å². The normalized spacial score (nSPS) is 10.5. The molecule has 0 unspecified atom stereocenters. The van der Waals surface area contributed by atoms with Crippen molar-refractivity contribution in [3.05, 3.63) is 46.2 Å². The average molecular weight is 176 g/mol. The van der Waals surface area contributed by atoms with Crippen LogP contribution >= 0.6 is 0 Å². The van der Waals surface area contributed by atoms with Gasteiger partial charge >= 0.3 is 5.69 Å². The van der Waals surface area contributed by atoms with Crippen LogP contribution in [0.15, 0.2) is 35.3 Å². The van der Waals surface area contributed by atoms with Crippen LogP contribution < -0.4 is 10.4 Å². The quantitative estimate of drug-likeness (QED) is 0.424. The number of para-hydroxylation sites is 1. The summed E-state index contributed by atoms with van der Waals surface area (Å²) in [5.74, 6) is 0. The van der Waals surface area contributed by atoms with Crippen LogP contribution in [0.2, 0.25) is 0 Å². The maximum Gasteiger partial charge on any atom is 0.501 e. The average Bonchev–Trinajstić information content (AvgIpc) is 2.15. The second kappa shape index (κ2) is 2.58. The Balaban J connectivity index is 3.02. The van der Waals surface area contributed by atoms with Gasteiger partial charge in [-0.25, -0.2) is 4.73 Å². The third-order valence-corrected chi connectivity index (χ3v) is 2.03. The van der Waals surface area contributed by atoms with Crippen LogP contribution in [-0.2, 0) is 7.05 Å². The van der Waals surface area contributed by atoms with Crippen molar-refractivity contribution in [1.29, 1.82) is 0 Å². The van der Waals surface area contributed by atoms with Gasteiger partial charge in [0.15, 0.2) is 0 Å². The van der Waals surface area contributed by atoms with Crippen LogP contribution in [0.3, 0.4) is 0 Å². The van der Waals surface area contributed by atoms with Crippen LogP contribution in [0.1, 0.15) is 0 Å². The molecule has 0 saturated heterocycles. The minimum atomic E-state index is -0.557. The van der Waals surface area contributed by atoms with Crippen molar-refractivity contribution in [2.75, 3.05) is 0 Å². The first-order valence-corrected chi connectivity index (χ1v) is 3.88. The summed E-state index contributed by atoms with van der Waals surface area (Å²) in [4.78, 5) is 11.2. The Morgan fingerprint density at radius 2 is 2.08 bits per heavy atom. The Bertz CT molecular complexity index is 516. The van der Waals surface area contributed by atoms with Crippen LogP contribution in [-0.4, -0.2) is 4.57 Å². The molecule has 0 bridgehead atoms. The first-order chi connectivity index (χ1) is 6.20. The van der Waals surface area contributed by atoms with Gasteiger partial charge in [-0.3, -0.25) is 0 Å². The maximum atomic E-state index is 11.2. The first-order valence-electron chi connectivity index (χ1n) is 3.88. The summed E-state index contributed by atoms with van der Waals surface area (Å²) in [6, 6.07) is 7.25. The van der Waals surface area contributed by atoms with E-state index in [0.29, 0.717) is 4.73 Å². The number of nitrogens with zero attached hydrogens (tertiary/aromatic N) is 2. The van der Waals surface area contributed by atoms with Crippen LogP contribution in [0, 0.1) is 5.21 Å². The van der Waals surface area contributed by atoms with E-state index in [2.05, 4.69) is 0 Å². The van der Waals surface area contributed by atoms with Crippen molar-refractivity contribution < 1.29 is 4.73 Å². The third-order valence-electron chi connectivity index (χ3n) is 2.03. The number of hydrogen-bond donors (Lipinski definition) is 0. The molecule has 0 aliphatic carbocycles. The van der Waals surface area contributed by atoms with Gasteiger partial charge in [0.05, 0.1) is 12.4 Å². The monoisotopic (exact) mass is 176 g/mol. The van der Waals surface area contributed by atoms with Gasteiger partial charge in [0.25, 0.3) is 0 Å². The number of fused-ring (bicyclic) bond motifs is 1. The number of benzene rings is 1. The minimum absolute atomic E-state index is 0.336.